The molecule has 0 saturated heterocycles. The molecule has 102 valence electrons. The predicted molar refractivity (Wildman–Crippen MR) is 62.2 cm³/mol. The van der Waals surface area contributed by atoms with E-state index >= 15 is 0 Å². The third-order valence-corrected chi connectivity index (χ3v) is 3.10. The first-order chi connectivity index (χ1) is 7.95. The molecular formula is C13H17F3O2. The van der Waals surface area contributed by atoms with E-state index in [1.807, 2.05) is 0 Å². The van der Waals surface area contributed by atoms with Crippen LogP contribution in [0.25, 0.3) is 0 Å². The molecule has 0 heterocycles. The Labute approximate surface area is 104 Å². The van der Waals surface area contributed by atoms with E-state index in [0.717, 1.165) is 0 Å². The summed E-state index contributed by atoms with van der Waals surface area (Å²) in [5.41, 5.74) is -1.94. The van der Waals surface area contributed by atoms with Crippen molar-refractivity contribution in [3.8, 4) is 5.75 Å². The van der Waals surface area contributed by atoms with Gasteiger partial charge in [0.05, 0.1) is 5.60 Å². The standard InChI is InChI=1S/C13H17F3O2/c1-11(2,3)12(4,17)9-7-5-6-8-10(9)18-13(14,15)16/h5-8,17H,1-4H3. The maximum Gasteiger partial charge on any atom is 0.573 e. The fourth-order valence-electron chi connectivity index (χ4n) is 1.49. The van der Waals surface area contributed by atoms with Crippen LogP contribution >= 0.6 is 0 Å². The van der Waals surface area contributed by atoms with Crippen LogP contribution in [0.3, 0.4) is 0 Å². The quantitative estimate of drug-likeness (QED) is 0.877. The van der Waals surface area contributed by atoms with Gasteiger partial charge in [0.25, 0.3) is 0 Å². The number of benzene rings is 1. The number of hydrogen-bond acceptors (Lipinski definition) is 2. The van der Waals surface area contributed by atoms with Gasteiger partial charge in [-0.2, -0.15) is 0 Å². The van der Waals surface area contributed by atoms with E-state index in [0.29, 0.717) is 0 Å². The number of aliphatic hydroxyl groups is 1. The lowest BCUT2D eigenvalue weighted by Gasteiger charge is -2.38. The van der Waals surface area contributed by atoms with Gasteiger partial charge >= 0.3 is 6.36 Å². The average molecular weight is 262 g/mol. The van der Waals surface area contributed by atoms with Gasteiger partial charge in [0, 0.05) is 5.56 Å². The van der Waals surface area contributed by atoms with Crippen LogP contribution in [0.5, 0.6) is 5.75 Å². The van der Waals surface area contributed by atoms with E-state index in [4.69, 9.17) is 0 Å². The van der Waals surface area contributed by atoms with Crippen LogP contribution in [-0.2, 0) is 5.60 Å². The lowest BCUT2D eigenvalue weighted by molar-refractivity contribution is -0.275. The second-order valence-corrected chi connectivity index (χ2v) is 5.37. The molecule has 0 aliphatic heterocycles. The van der Waals surface area contributed by atoms with Gasteiger partial charge in [-0.25, -0.2) is 0 Å². The summed E-state index contributed by atoms with van der Waals surface area (Å²) in [6.45, 7) is 6.72. The van der Waals surface area contributed by atoms with Crippen molar-refractivity contribution in [2.24, 2.45) is 5.41 Å². The minimum atomic E-state index is -4.77. The Hall–Kier alpha value is -1.23. The van der Waals surface area contributed by atoms with E-state index in [9.17, 15) is 18.3 Å². The molecule has 2 nitrogen and oxygen atoms in total. The highest BCUT2D eigenvalue weighted by Gasteiger charge is 2.41. The average Bonchev–Trinajstić information content (AvgIpc) is 2.13. The molecule has 1 aromatic rings. The molecule has 0 fully saturated rings. The van der Waals surface area contributed by atoms with Crippen LogP contribution in [0.15, 0.2) is 24.3 Å². The lowest BCUT2D eigenvalue weighted by Crippen LogP contribution is -2.37. The SMILES string of the molecule is CC(C)(C)C(C)(O)c1ccccc1OC(F)(F)F. The van der Waals surface area contributed by atoms with Gasteiger partial charge in [-0.1, -0.05) is 39.0 Å². The number of para-hydroxylation sites is 1. The molecule has 5 heteroatoms. The lowest BCUT2D eigenvalue weighted by atomic mass is 9.73. The van der Waals surface area contributed by atoms with Gasteiger partial charge < -0.3 is 9.84 Å². The Morgan fingerprint density at radius 1 is 1.00 bits per heavy atom. The first kappa shape index (κ1) is 14.8. The van der Waals surface area contributed by atoms with Crippen LogP contribution in [-0.4, -0.2) is 11.5 Å². The molecule has 1 aromatic carbocycles. The molecule has 0 aliphatic carbocycles. The van der Waals surface area contributed by atoms with Crippen LogP contribution in [0.2, 0.25) is 0 Å². The molecule has 0 saturated carbocycles. The van der Waals surface area contributed by atoms with Crippen molar-refractivity contribution in [2.45, 2.75) is 39.7 Å². The Morgan fingerprint density at radius 2 is 1.50 bits per heavy atom. The van der Waals surface area contributed by atoms with Crippen LogP contribution in [0.4, 0.5) is 13.2 Å². The fourth-order valence-corrected chi connectivity index (χ4v) is 1.49. The first-order valence-electron chi connectivity index (χ1n) is 5.53. The van der Waals surface area contributed by atoms with Crippen molar-refractivity contribution in [3.05, 3.63) is 29.8 Å². The predicted octanol–water partition coefficient (Wildman–Crippen LogP) is 3.84. The minimum absolute atomic E-state index is 0.120. The first-order valence-corrected chi connectivity index (χ1v) is 5.53. The van der Waals surface area contributed by atoms with Crippen molar-refractivity contribution >= 4 is 0 Å². The summed E-state index contributed by atoms with van der Waals surface area (Å²) in [5.74, 6) is -0.370. The second-order valence-electron chi connectivity index (χ2n) is 5.37. The Balaban J connectivity index is 3.26. The van der Waals surface area contributed by atoms with E-state index in [2.05, 4.69) is 4.74 Å². The molecule has 0 spiro atoms. The van der Waals surface area contributed by atoms with Gasteiger partial charge in [0.2, 0.25) is 0 Å². The molecule has 1 rings (SSSR count). The van der Waals surface area contributed by atoms with E-state index in [1.165, 1.54) is 25.1 Å². The molecule has 1 N–H and O–H groups in total. The topological polar surface area (TPSA) is 29.5 Å². The van der Waals surface area contributed by atoms with Crippen LogP contribution in [0.1, 0.15) is 33.3 Å². The zero-order valence-corrected chi connectivity index (χ0v) is 10.8. The monoisotopic (exact) mass is 262 g/mol. The highest BCUT2D eigenvalue weighted by molar-refractivity contribution is 5.38. The summed E-state index contributed by atoms with van der Waals surface area (Å²) in [5, 5.41) is 10.5. The van der Waals surface area contributed by atoms with Crippen molar-refractivity contribution < 1.29 is 23.0 Å². The Bertz CT molecular complexity index is 417. The van der Waals surface area contributed by atoms with Gasteiger partial charge in [0.1, 0.15) is 5.75 Å². The van der Waals surface area contributed by atoms with Gasteiger partial charge in [-0.3, -0.25) is 0 Å². The van der Waals surface area contributed by atoms with Crippen molar-refractivity contribution in [1.29, 1.82) is 0 Å². The summed E-state index contributed by atoms with van der Waals surface area (Å²) in [7, 11) is 0. The Morgan fingerprint density at radius 3 is 1.94 bits per heavy atom. The number of rotatable bonds is 2. The number of halogens is 3. The largest absolute Gasteiger partial charge is 0.573 e. The smallest absolute Gasteiger partial charge is 0.405 e. The molecule has 0 bridgehead atoms. The number of hydrogen-bond donors (Lipinski definition) is 1. The van der Waals surface area contributed by atoms with Gasteiger partial charge in [0.15, 0.2) is 0 Å². The molecular weight excluding hydrogens is 245 g/mol. The van der Waals surface area contributed by atoms with Gasteiger partial charge in [-0.15, -0.1) is 13.2 Å². The van der Waals surface area contributed by atoms with Crippen molar-refractivity contribution in [2.75, 3.05) is 0 Å². The molecule has 0 aliphatic rings. The zero-order valence-electron chi connectivity index (χ0n) is 10.8. The molecule has 1 unspecified atom stereocenters. The van der Waals surface area contributed by atoms with Crippen LogP contribution < -0.4 is 4.74 Å². The normalized spacial score (nSPS) is 16.2. The summed E-state index contributed by atoms with van der Waals surface area (Å²) in [4.78, 5) is 0. The molecule has 0 aromatic heterocycles. The summed E-state index contributed by atoms with van der Waals surface area (Å²) in [6, 6.07) is 5.64. The molecule has 0 radical (unpaired) electrons. The maximum absolute atomic E-state index is 12.3. The number of ether oxygens (including phenoxy) is 1. The van der Waals surface area contributed by atoms with E-state index in [-0.39, 0.29) is 11.3 Å². The summed E-state index contributed by atoms with van der Waals surface area (Å²) in [6.07, 6.45) is -4.77. The minimum Gasteiger partial charge on any atom is -0.405 e. The number of alkyl halides is 3. The highest BCUT2D eigenvalue weighted by Crippen LogP contribution is 2.43. The second kappa shape index (κ2) is 4.46. The van der Waals surface area contributed by atoms with E-state index in [1.54, 1.807) is 26.8 Å². The summed E-state index contributed by atoms with van der Waals surface area (Å²) >= 11 is 0. The third-order valence-electron chi connectivity index (χ3n) is 3.10. The molecule has 18 heavy (non-hydrogen) atoms. The van der Waals surface area contributed by atoms with E-state index < -0.39 is 17.4 Å². The highest BCUT2D eigenvalue weighted by atomic mass is 19.4. The van der Waals surface area contributed by atoms with Crippen molar-refractivity contribution in [1.82, 2.24) is 0 Å². The summed E-state index contributed by atoms with van der Waals surface area (Å²) < 4.78 is 40.9. The fraction of sp³-hybridized carbons (Fsp3) is 0.538. The zero-order chi connectivity index (χ0) is 14.2. The molecule has 1 atom stereocenters. The van der Waals surface area contributed by atoms with Crippen LogP contribution in [0, 0.1) is 5.41 Å². The van der Waals surface area contributed by atoms with Gasteiger partial charge in [-0.05, 0) is 18.4 Å². The Kier molecular flexibility index (Phi) is 3.68. The van der Waals surface area contributed by atoms with Crippen molar-refractivity contribution in [3.63, 3.8) is 0 Å². The molecule has 0 amide bonds. The maximum atomic E-state index is 12.3. The third kappa shape index (κ3) is 3.16.